The van der Waals surface area contributed by atoms with Gasteiger partial charge >= 0.3 is 5.97 Å². The smallest absolute Gasteiger partial charge is 0.334 e. The Kier molecular flexibility index (Phi) is 17.6. The van der Waals surface area contributed by atoms with Gasteiger partial charge in [-0.1, -0.05) is 94.4 Å². The molecule has 310 valence electrons. The lowest BCUT2D eigenvalue weighted by atomic mass is 9.65. The van der Waals surface area contributed by atoms with Gasteiger partial charge in [0.05, 0.1) is 24.2 Å². The van der Waals surface area contributed by atoms with Gasteiger partial charge in [-0.2, -0.15) is 0 Å². The fourth-order valence-corrected chi connectivity index (χ4v) is 12.7. The Balaban J connectivity index is 1.66. The van der Waals surface area contributed by atoms with Crippen molar-refractivity contribution in [3.05, 3.63) is 84.0 Å². The third-order valence-corrected chi connectivity index (χ3v) is 15.9. The van der Waals surface area contributed by atoms with Crippen molar-refractivity contribution in [2.24, 2.45) is 17.3 Å². The number of Topliss-reactive ketones (excluding diaryl/α,β-unsaturated/α-hetero) is 1. The van der Waals surface area contributed by atoms with Crippen molar-refractivity contribution in [2.45, 2.75) is 70.8 Å². The maximum atomic E-state index is 14.3. The number of hydrogen-bond acceptors (Lipinski definition) is 12. The Morgan fingerprint density at radius 1 is 0.821 bits per heavy atom. The molecule has 13 heteroatoms. The van der Waals surface area contributed by atoms with E-state index in [1.807, 2.05) is 56.3 Å². The largest absolute Gasteiger partial charge is 0.458 e. The van der Waals surface area contributed by atoms with Gasteiger partial charge in [-0.05, 0) is 40.4 Å². The molecule has 12 nitrogen and oxygen atoms in total. The normalized spacial score (nSPS) is 24.4. The second-order valence-electron chi connectivity index (χ2n) is 15.6. The molecule has 0 amide bonds. The monoisotopic (exact) mass is 798 g/mol. The van der Waals surface area contributed by atoms with Gasteiger partial charge in [-0.15, -0.1) is 0 Å². The molecule has 2 aliphatic rings. The summed E-state index contributed by atoms with van der Waals surface area (Å²) in [6.07, 6.45) is 2.50. The van der Waals surface area contributed by atoms with Crippen LogP contribution < -0.4 is 10.4 Å². The van der Waals surface area contributed by atoms with Crippen LogP contribution in [0.4, 0.5) is 0 Å². The van der Waals surface area contributed by atoms with Crippen LogP contribution in [-0.4, -0.2) is 114 Å². The van der Waals surface area contributed by atoms with E-state index in [1.54, 1.807) is 27.4 Å². The zero-order valence-electron chi connectivity index (χ0n) is 34.6. The quantitative estimate of drug-likeness (QED) is 0.0513. The maximum absolute atomic E-state index is 14.3. The van der Waals surface area contributed by atoms with Gasteiger partial charge < -0.3 is 47.1 Å². The van der Waals surface area contributed by atoms with Gasteiger partial charge in [0.1, 0.15) is 45.7 Å². The third-order valence-electron chi connectivity index (χ3n) is 10.8. The fourth-order valence-electron chi connectivity index (χ4n) is 8.08. The molecule has 0 heterocycles. The van der Waals surface area contributed by atoms with Gasteiger partial charge in [-0.3, -0.25) is 4.79 Å². The van der Waals surface area contributed by atoms with Crippen molar-refractivity contribution in [1.82, 2.24) is 0 Å². The highest BCUT2D eigenvalue weighted by molar-refractivity contribution is 6.99. The molecule has 0 fully saturated rings. The number of hydrogen-bond donors (Lipinski definition) is 0. The van der Waals surface area contributed by atoms with Gasteiger partial charge in [0, 0.05) is 58.9 Å². The van der Waals surface area contributed by atoms with E-state index in [9.17, 15) is 9.59 Å². The van der Waals surface area contributed by atoms with E-state index < -0.39 is 43.9 Å². The van der Waals surface area contributed by atoms with E-state index in [4.69, 9.17) is 47.1 Å². The molecule has 2 aliphatic carbocycles. The first-order chi connectivity index (χ1) is 26.9. The Labute approximate surface area is 333 Å². The molecule has 4 rings (SSSR count). The summed E-state index contributed by atoms with van der Waals surface area (Å²) in [7, 11) is 3.26. The Morgan fingerprint density at radius 3 is 1.96 bits per heavy atom. The SMILES string of the molecule is COCOC[C@]1(C)C(=O)CC=C(C(=O)OCC2=C[C@@H](OCOC)[C@H](OCOC)[C@H](C)[C@H]2OCOC)[C@@H]1CCO[Si](c1ccccc1)(c1ccccc1)C(C)(C)C. The van der Waals surface area contributed by atoms with Crippen molar-refractivity contribution >= 4 is 30.4 Å². The minimum absolute atomic E-state index is 0.00818. The molecule has 2 aromatic rings. The highest BCUT2D eigenvalue weighted by atomic mass is 28.4. The first-order valence-electron chi connectivity index (χ1n) is 19.1. The number of allylic oxidation sites excluding steroid dienone is 1. The van der Waals surface area contributed by atoms with Gasteiger partial charge in [0.25, 0.3) is 8.32 Å². The van der Waals surface area contributed by atoms with Crippen LogP contribution in [-0.2, 0) is 56.6 Å². The Bertz CT molecular complexity index is 1540. The summed E-state index contributed by atoms with van der Waals surface area (Å²) in [5.74, 6) is -1.37. The molecule has 2 aromatic carbocycles. The van der Waals surface area contributed by atoms with E-state index in [0.717, 1.165) is 10.4 Å². The first-order valence-corrected chi connectivity index (χ1v) is 21.0. The van der Waals surface area contributed by atoms with Crippen molar-refractivity contribution in [3.63, 3.8) is 0 Å². The molecule has 0 bridgehead atoms. The van der Waals surface area contributed by atoms with Crippen LogP contribution in [0, 0.1) is 17.3 Å². The highest BCUT2D eigenvalue weighted by Gasteiger charge is 2.52. The molecule has 0 unspecified atom stereocenters. The highest BCUT2D eigenvalue weighted by Crippen LogP contribution is 2.44. The second-order valence-corrected chi connectivity index (χ2v) is 19.9. The van der Waals surface area contributed by atoms with Crippen LogP contribution in [0.3, 0.4) is 0 Å². The zero-order valence-corrected chi connectivity index (χ0v) is 35.6. The summed E-state index contributed by atoms with van der Waals surface area (Å²) in [5.41, 5.74) is 0.0439. The average Bonchev–Trinajstić information content (AvgIpc) is 3.19. The minimum Gasteiger partial charge on any atom is -0.458 e. The molecule has 6 atom stereocenters. The van der Waals surface area contributed by atoms with E-state index >= 15 is 0 Å². The number of carbonyl (C=O) groups is 2. The molecule has 0 spiro atoms. The molecule has 0 saturated carbocycles. The van der Waals surface area contributed by atoms with Crippen LogP contribution in [0.1, 0.15) is 47.5 Å². The van der Waals surface area contributed by atoms with E-state index in [-0.39, 0.29) is 70.2 Å². The van der Waals surface area contributed by atoms with Crippen molar-refractivity contribution in [1.29, 1.82) is 0 Å². The lowest BCUT2D eigenvalue weighted by molar-refractivity contribution is -0.184. The number of esters is 1. The number of methoxy groups -OCH3 is 4. The lowest BCUT2D eigenvalue weighted by Gasteiger charge is -2.44. The van der Waals surface area contributed by atoms with Crippen LogP contribution in [0.15, 0.2) is 84.0 Å². The average molecular weight is 799 g/mol. The van der Waals surface area contributed by atoms with Crippen molar-refractivity contribution in [2.75, 3.05) is 75.4 Å². The lowest BCUT2D eigenvalue weighted by Crippen LogP contribution is -2.66. The second kappa shape index (κ2) is 21.6. The number of ketones is 1. The predicted octanol–water partition coefficient (Wildman–Crippen LogP) is 5.18. The number of ether oxygens (including phenoxy) is 9. The zero-order chi connectivity index (χ0) is 40.8. The fraction of sp³-hybridized carbons (Fsp3) is 0.581. The molecule has 0 N–H and O–H groups in total. The van der Waals surface area contributed by atoms with Gasteiger partial charge in [0.15, 0.2) is 0 Å². The third kappa shape index (κ3) is 10.7. The first kappa shape index (κ1) is 45.6. The summed E-state index contributed by atoms with van der Waals surface area (Å²) < 4.78 is 58.2. The molecule has 0 aliphatic heterocycles. The minimum atomic E-state index is -2.91. The summed E-state index contributed by atoms with van der Waals surface area (Å²) in [5, 5.41) is 2.02. The van der Waals surface area contributed by atoms with E-state index in [1.165, 1.54) is 7.11 Å². The number of rotatable bonds is 22. The number of benzene rings is 2. The molecule has 0 saturated heterocycles. The van der Waals surface area contributed by atoms with Crippen molar-refractivity contribution < 1.29 is 56.6 Å². The van der Waals surface area contributed by atoms with Gasteiger partial charge in [-0.25, -0.2) is 4.79 Å². The summed E-state index contributed by atoms with van der Waals surface area (Å²) in [4.78, 5) is 28.1. The van der Waals surface area contributed by atoms with Crippen LogP contribution in [0.25, 0.3) is 0 Å². The van der Waals surface area contributed by atoms with Gasteiger partial charge in [0.2, 0.25) is 0 Å². The van der Waals surface area contributed by atoms with Crippen molar-refractivity contribution in [3.8, 4) is 0 Å². The summed E-state index contributed by atoms with van der Waals surface area (Å²) in [6.45, 7) is 10.8. The van der Waals surface area contributed by atoms with Crippen LogP contribution in [0.2, 0.25) is 5.04 Å². The summed E-state index contributed by atoms with van der Waals surface area (Å²) >= 11 is 0. The maximum Gasteiger partial charge on any atom is 0.334 e. The van der Waals surface area contributed by atoms with E-state index in [0.29, 0.717) is 17.6 Å². The molecular weight excluding hydrogens is 737 g/mol. The van der Waals surface area contributed by atoms with Crippen LogP contribution >= 0.6 is 0 Å². The molecule has 56 heavy (non-hydrogen) atoms. The molecule has 0 aromatic heterocycles. The predicted molar refractivity (Wildman–Crippen MR) is 214 cm³/mol. The molecule has 0 radical (unpaired) electrons. The number of carbonyl (C=O) groups excluding carboxylic acids is 2. The van der Waals surface area contributed by atoms with E-state index in [2.05, 4.69) is 45.0 Å². The van der Waals surface area contributed by atoms with Crippen LogP contribution in [0.5, 0.6) is 0 Å². The standard InChI is InChI=1S/C43H62O12Si/c1-31-39(53-29-48-8)32(24-37(52-28-47-7)40(31)54-30-49-9)25-51-41(45)35-20-21-38(44)43(5,26-50-27-46-6)36(35)22-23-55-56(42(2,3)4,33-16-12-10-13-17-33)34-18-14-11-15-19-34/h10-20,24,31,36-37,39-40H,21-23,25-30H2,1-9H3/t31-,36+,37-,39-,40-,43+/m1/s1. The molecular formula is C43H62O12Si. The summed E-state index contributed by atoms with van der Waals surface area (Å²) in [6, 6.07) is 20.8. The topological polar surface area (TPSA) is 126 Å². The Hall–Kier alpha value is -3.08. The Morgan fingerprint density at radius 2 is 1.39 bits per heavy atom.